The molecule has 0 aliphatic carbocycles. The maximum atomic E-state index is 14.0. The molecular formula is C26H30Cl2FN3O2. The Kier molecular flexibility index (Phi) is 8.16. The van der Waals surface area contributed by atoms with Crippen LogP contribution in [-0.2, 0) is 11.2 Å². The Morgan fingerprint density at radius 3 is 2.03 bits per heavy atom. The van der Waals surface area contributed by atoms with Crippen molar-refractivity contribution in [3.05, 3.63) is 75.3 Å². The monoisotopic (exact) mass is 505 g/mol. The number of hydrogen-bond acceptors (Lipinski definition) is 5. The van der Waals surface area contributed by atoms with Gasteiger partial charge in [0.2, 0.25) is 0 Å². The largest absolute Gasteiger partial charge is 0.397 e. The highest BCUT2D eigenvalue weighted by Crippen LogP contribution is 2.36. The van der Waals surface area contributed by atoms with Gasteiger partial charge in [-0.25, -0.2) is 4.39 Å². The van der Waals surface area contributed by atoms with Crippen LogP contribution < -0.4 is 5.73 Å². The van der Waals surface area contributed by atoms with Crippen LogP contribution in [0.1, 0.15) is 51.8 Å². The maximum Gasteiger partial charge on any atom is 0.151 e. The lowest BCUT2D eigenvalue weighted by atomic mass is 9.91. The Bertz CT molecular complexity index is 1340. The van der Waals surface area contributed by atoms with Crippen molar-refractivity contribution in [1.82, 2.24) is 9.97 Å². The first-order chi connectivity index (χ1) is 15.2. The molecule has 4 N–H and O–H groups in total. The third-order valence-electron chi connectivity index (χ3n) is 5.20. The lowest BCUT2D eigenvalue weighted by molar-refractivity contribution is 0.0792. The zero-order valence-electron chi connectivity index (χ0n) is 19.0. The Morgan fingerprint density at radius 2 is 1.44 bits per heavy atom. The highest BCUT2D eigenvalue weighted by Gasteiger charge is 2.25. The van der Waals surface area contributed by atoms with Gasteiger partial charge >= 0.3 is 0 Å². The molecule has 2 aromatic heterocycles. The Hall–Kier alpha value is -2.51. The molecule has 0 bridgehead atoms. The van der Waals surface area contributed by atoms with Crippen molar-refractivity contribution >= 4 is 50.7 Å². The van der Waals surface area contributed by atoms with E-state index in [2.05, 4.69) is 9.97 Å². The fraction of sp³-hybridized carbons (Fsp3) is 0.308. The van der Waals surface area contributed by atoms with Crippen LogP contribution in [-0.4, -0.2) is 20.2 Å². The third kappa shape index (κ3) is 5.58. The molecule has 0 aliphatic rings. The summed E-state index contributed by atoms with van der Waals surface area (Å²) in [4.78, 5) is 8.35. The molecule has 4 aromatic rings. The van der Waals surface area contributed by atoms with Crippen LogP contribution in [0.3, 0.4) is 0 Å². The lowest BCUT2D eigenvalue weighted by Gasteiger charge is -2.22. The van der Waals surface area contributed by atoms with Crippen molar-refractivity contribution in [2.24, 2.45) is 0 Å². The van der Waals surface area contributed by atoms with Gasteiger partial charge in [0.1, 0.15) is 0 Å². The number of pyridine rings is 2. The van der Waals surface area contributed by atoms with Crippen LogP contribution in [0.5, 0.6) is 0 Å². The van der Waals surface area contributed by atoms with E-state index in [4.69, 9.17) is 28.9 Å². The van der Waals surface area contributed by atoms with E-state index in [1.54, 1.807) is 46.0 Å². The molecule has 0 spiro atoms. The van der Waals surface area contributed by atoms with Gasteiger partial charge in [-0.05, 0) is 76.1 Å². The molecule has 4 rings (SSSR count). The Balaban J connectivity index is 0.000000234. The fourth-order valence-corrected chi connectivity index (χ4v) is 4.30. The molecule has 8 heteroatoms. The highest BCUT2D eigenvalue weighted by molar-refractivity contribution is 6.31. The lowest BCUT2D eigenvalue weighted by Crippen LogP contribution is -2.19. The van der Waals surface area contributed by atoms with Crippen molar-refractivity contribution in [2.45, 2.75) is 53.2 Å². The first kappa shape index (κ1) is 27.7. The molecule has 0 atom stereocenters. The van der Waals surface area contributed by atoms with Crippen LogP contribution in [0.15, 0.2) is 42.7 Å². The maximum absolute atomic E-state index is 14.0. The molecule has 5 nitrogen and oxygen atoms in total. The minimum absolute atomic E-state index is 0. The molecule has 0 amide bonds. The van der Waals surface area contributed by atoms with E-state index in [0.29, 0.717) is 16.1 Å². The van der Waals surface area contributed by atoms with Gasteiger partial charge in [0, 0.05) is 27.6 Å². The quantitative estimate of drug-likeness (QED) is 0.275. The van der Waals surface area contributed by atoms with Gasteiger partial charge in [-0.2, -0.15) is 0 Å². The van der Waals surface area contributed by atoms with Crippen LogP contribution in [0.4, 0.5) is 10.1 Å². The number of aromatic nitrogens is 2. The Morgan fingerprint density at radius 1 is 0.882 bits per heavy atom. The second-order valence-electron chi connectivity index (χ2n) is 8.94. The fourth-order valence-electron chi connectivity index (χ4n) is 3.97. The number of fused-ring (bicyclic) bond motifs is 2. The number of aliphatic hydroxyl groups is 2. The summed E-state index contributed by atoms with van der Waals surface area (Å²) in [7, 11) is 0. The van der Waals surface area contributed by atoms with Crippen molar-refractivity contribution < 1.29 is 14.6 Å². The molecule has 0 unspecified atom stereocenters. The second-order valence-corrected chi connectivity index (χ2v) is 9.78. The number of anilines is 1. The van der Waals surface area contributed by atoms with Crippen LogP contribution >= 0.6 is 23.2 Å². The summed E-state index contributed by atoms with van der Waals surface area (Å²) in [5.41, 5.74) is 7.28. The van der Waals surface area contributed by atoms with Crippen molar-refractivity contribution in [1.29, 1.82) is 0 Å². The number of nitrogens with zero attached hydrogens (tertiary/aromatic N) is 2. The average molecular weight is 506 g/mol. The smallest absolute Gasteiger partial charge is 0.151 e. The molecule has 0 aliphatic heterocycles. The molecular weight excluding hydrogens is 476 g/mol. The third-order valence-corrected chi connectivity index (χ3v) is 5.72. The molecule has 2 aromatic carbocycles. The number of benzene rings is 2. The van der Waals surface area contributed by atoms with Crippen molar-refractivity contribution in [2.75, 3.05) is 5.73 Å². The molecule has 0 radical (unpaired) electrons. The standard InChI is InChI=1S/C13H14ClNO.C12H12ClFN2O.CH4/c1-8-7-15-11-5-4-9(14)6-10(11)12(8)13(2,3)16;1-12(2,17)10-7(15)5-16-8-4-3-6(13)11(14)9(8)10;/h4-7,16H,1-3H3;3-5,17H,15H2,1-2H3;1H4. The van der Waals surface area contributed by atoms with E-state index in [1.807, 2.05) is 19.1 Å². The van der Waals surface area contributed by atoms with Crippen molar-refractivity contribution in [3.8, 4) is 0 Å². The first-order valence-electron chi connectivity index (χ1n) is 10.2. The molecule has 0 fully saturated rings. The van der Waals surface area contributed by atoms with Crippen LogP contribution in [0, 0.1) is 12.7 Å². The molecule has 182 valence electrons. The predicted octanol–water partition coefficient (Wildman–Crippen LogP) is 6.90. The molecule has 2 heterocycles. The average Bonchev–Trinajstić information content (AvgIpc) is 2.69. The summed E-state index contributed by atoms with van der Waals surface area (Å²) in [5, 5.41) is 22.0. The molecule has 0 saturated carbocycles. The summed E-state index contributed by atoms with van der Waals surface area (Å²) in [5.74, 6) is -0.610. The highest BCUT2D eigenvalue weighted by atomic mass is 35.5. The van der Waals surface area contributed by atoms with E-state index < -0.39 is 17.0 Å². The van der Waals surface area contributed by atoms with Crippen LogP contribution in [0.2, 0.25) is 10.0 Å². The zero-order chi connectivity index (χ0) is 24.7. The summed E-state index contributed by atoms with van der Waals surface area (Å²) in [6.07, 6.45) is 3.19. The number of nitrogen functional groups attached to an aromatic ring is 1. The van der Waals surface area contributed by atoms with Gasteiger partial charge in [0.05, 0.1) is 39.1 Å². The normalized spacial score (nSPS) is 11.7. The Labute approximate surface area is 209 Å². The minimum Gasteiger partial charge on any atom is -0.397 e. The number of halogens is 3. The second kappa shape index (κ2) is 10.0. The van der Waals surface area contributed by atoms with E-state index in [0.717, 1.165) is 22.0 Å². The van der Waals surface area contributed by atoms with E-state index >= 15 is 0 Å². The van der Waals surface area contributed by atoms with E-state index in [-0.39, 0.29) is 23.5 Å². The SMILES string of the molecule is C.CC(C)(O)c1c(N)cnc2ccc(Cl)c(F)c12.Cc1cnc2ccc(Cl)cc2c1C(C)(C)O. The zero-order valence-corrected chi connectivity index (χ0v) is 20.6. The van der Waals surface area contributed by atoms with E-state index in [9.17, 15) is 14.6 Å². The predicted molar refractivity (Wildman–Crippen MR) is 140 cm³/mol. The summed E-state index contributed by atoms with van der Waals surface area (Å²) in [6.45, 7) is 8.57. The minimum atomic E-state index is -1.27. The van der Waals surface area contributed by atoms with Gasteiger partial charge < -0.3 is 15.9 Å². The first-order valence-corrected chi connectivity index (χ1v) is 11.0. The van der Waals surface area contributed by atoms with Gasteiger partial charge in [-0.3, -0.25) is 9.97 Å². The summed E-state index contributed by atoms with van der Waals surface area (Å²) < 4.78 is 14.0. The number of nitrogens with two attached hydrogens (primary N) is 1. The van der Waals surface area contributed by atoms with E-state index in [1.165, 1.54) is 12.3 Å². The summed E-state index contributed by atoms with van der Waals surface area (Å²) >= 11 is 11.7. The van der Waals surface area contributed by atoms with Gasteiger partial charge in [0.25, 0.3) is 0 Å². The van der Waals surface area contributed by atoms with Crippen LogP contribution in [0.25, 0.3) is 21.8 Å². The number of aryl methyl sites for hydroxylation is 1. The van der Waals surface area contributed by atoms with Gasteiger partial charge in [0.15, 0.2) is 5.82 Å². The number of hydrogen-bond donors (Lipinski definition) is 3. The summed E-state index contributed by atoms with van der Waals surface area (Å²) in [6, 6.07) is 8.54. The molecule has 0 saturated heterocycles. The molecule has 34 heavy (non-hydrogen) atoms. The number of rotatable bonds is 2. The van der Waals surface area contributed by atoms with Crippen molar-refractivity contribution in [3.63, 3.8) is 0 Å². The van der Waals surface area contributed by atoms with Gasteiger partial charge in [-0.15, -0.1) is 0 Å². The van der Waals surface area contributed by atoms with Gasteiger partial charge in [-0.1, -0.05) is 30.6 Å². The topological polar surface area (TPSA) is 92.3 Å².